The minimum atomic E-state index is 0.358. The summed E-state index contributed by atoms with van der Waals surface area (Å²) < 4.78 is 0. The lowest BCUT2D eigenvalue weighted by atomic mass is 10.2. The largest absolute Gasteiger partial charge is 0.384 e. The highest BCUT2D eigenvalue weighted by Crippen LogP contribution is 2.22. The van der Waals surface area contributed by atoms with Crippen LogP contribution < -0.4 is 5.32 Å². The molecule has 13 heavy (non-hydrogen) atoms. The Labute approximate surface area is 81.9 Å². The fourth-order valence-corrected chi connectivity index (χ4v) is 1.34. The summed E-state index contributed by atoms with van der Waals surface area (Å²) in [4.78, 5) is 8.10. The zero-order valence-corrected chi connectivity index (χ0v) is 8.53. The zero-order valence-electron chi connectivity index (χ0n) is 7.77. The molecule has 0 saturated carbocycles. The van der Waals surface area contributed by atoms with Crippen LogP contribution in [0.2, 0.25) is 5.15 Å². The number of nitrogens with one attached hydrogen (secondary N) is 2. The normalized spacial score (nSPS) is 9.85. The predicted molar refractivity (Wildman–Crippen MR) is 53.8 cm³/mol. The van der Waals surface area contributed by atoms with Gasteiger partial charge in [0.15, 0.2) is 5.15 Å². The molecule has 70 valence electrons. The third-order valence-corrected chi connectivity index (χ3v) is 1.86. The van der Waals surface area contributed by atoms with Crippen molar-refractivity contribution in [2.45, 2.75) is 13.8 Å². The topological polar surface area (TPSA) is 61.7 Å². The van der Waals surface area contributed by atoms with E-state index in [0.717, 1.165) is 0 Å². The summed E-state index contributed by atoms with van der Waals surface area (Å²) in [6.07, 6.45) is 0. The molecular formula is C8H11ClN4. The summed E-state index contributed by atoms with van der Waals surface area (Å²) in [6.45, 7) is 3.41. The Hall–Kier alpha value is -1.16. The van der Waals surface area contributed by atoms with E-state index in [2.05, 4.69) is 15.3 Å². The molecule has 0 amide bonds. The molecule has 0 spiro atoms. The number of halogens is 1. The Morgan fingerprint density at radius 1 is 1.46 bits per heavy atom. The van der Waals surface area contributed by atoms with Crippen LogP contribution in [0.5, 0.6) is 0 Å². The first-order chi connectivity index (χ1) is 6.06. The molecule has 1 aromatic heterocycles. The van der Waals surface area contributed by atoms with Crippen LogP contribution in [-0.2, 0) is 0 Å². The molecule has 0 aliphatic carbocycles. The molecule has 0 aliphatic heterocycles. The average Bonchev–Trinajstić information content (AvgIpc) is 2.02. The molecule has 0 aromatic carbocycles. The molecular weight excluding hydrogens is 188 g/mol. The number of anilines is 1. The van der Waals surface area contributed by atoms with Crippen molar-refractivity contribution in [2.24, 2.45) is 0 Å². The van der Waals surface area contributed by atoms with Gasteiger partial charge in [-0.15, -0.1) is 0 Å². The molecule has 0 fully saturated rings. The Morgan fingerprint density at radius 2 is 2.08 bits per heavy atom. The Kier molecular flexibility index (Phi) is 2.83. The first-order valence-electron chi connectivity index (χ1n) is 3.83. The summed E-state index contributed by atoms with van der Waals surface area (Å²) in [5, 5.41) is 10.7. The smallest absolute Gasteiger partial charge is 0.156 e. The molecule has 0 aliphatic rings. The lowest BCUT2D eigenvalue weighted by Gasteiger charge is -2.08. The molecule has 0 radical (unpaired) electrons. The molecule has 0 saturated heterocycles. The summed E-state index contributed by atoms with van der Waals surface area (Å²) in [6, 6.07) is 0. The van der Waals surface area contributed by atoms with Crippen molar-refractivity contribution in [3.05, 3.63) is 16.7 Å². The fraction of sp³-hybridized carbons (Fsp3) is 0.375. The summed E-state index contributed by atoms with van der Waals surface area (Å²) in [7, 11) is 1.73. The van der Waals surface area contributed by atoms with E-state index in [9.17, 15) is 0 Å². The standard InChI is InChI=1S/C8H11ClN4/c1-4(10)6-7(11-3)8(9)13-5(2)12-6/h10-11H,1-3H3. The van der Waals surface area contributed by atoms with Gasteiger partial charge in [-0.25, -0.2) is 9.97 Å². The van der Waals surface area contributed by atoms with E-state index >= 15 is 0 Å². The van der Waals surface area contributed by atoms with Crippen molar-refractivity contribution >= 4 is 23.0 Å². The number of hydrogen-bond acceptors (Lipinski definition) is 4. The fourth-order valence-electron chi connectivity index (χ4n) is 1.03. The molecule has 2 N–H and O–H groups in total. The van der Waals surface area contributed by atoms with Crippen molar-refractivity contribution in [1.29, 1.82) is 5.41 Å². The van der Waals surface area contributed by atoms with Gasteiger partial charge in [-0.1, -0.05) is 11.6 Å². The van der Waals surface area contributed by atoms with Crippen molar-refractivity contribution in [2.75, 3.05) is 12.4 Å². The highest BCUT2D eigenvalue weighted by Gasteiger charge is 2.11. The van der Waals surface area contributed by atoms with Gasteiger partial charge in [0, 0.05) is 7.05 Å². The van der Waals surface area contributed by atoms with Crippen molar-refractivity contribution in [1.82, 2.24) is 9.97 Å². The summed E-state index contributed by atoms with van der Waals surface area (Å²) >= 11 is 5.87. The second-order valence-electron chi connectivity index (χ2n) is 2.66. The van der Waals surface area contributed by atoms with Crippen molar-refractivity contribution in [3.63, 3.8) is 0 Å². The van der Waals surface area contributed by atoms with Gasteiger partial charge in [-0.2, -0.15) is 0 Å². The van der Waals surface area contributed by atoms with E-state index in [0.29, 0.717) is 28.1 Å². The Balaban J connectivity index is 3.38. The molecule has 4 nitrogen and oxygen atoms in total. The third-order valence-electron chi connectivity index (χ3n) is 1.58. The number of rotatable bonds is 2. The number of aryl methyl sites for hydroxylation is 1. The minimum Gasteiger partial charge on any atom is -0.384 e. The third kappa shape index (κ3) is 1.95. The van der Waals surface area contributed by atoms with Gasteiger partial charge in [0.1, 0.15) is 11.5 Å². The average molecular weight is 199 g/mol. The number of aromatic nitrogens is 2. The molecule has 0 unspecified atom stereocenters. The van der Waals surface area contributed by atoms with Crippen molar-refractivity contribution < 1.29 is 0 Å². The molecule has 0 atom stereocenters. The van der Waals surface area contributed by atoms with Gasteiger partial charge in [0.2, 0.25) is 0 Å². The Bertz CT molecular complexity index is 348. The quantitative estimate of drug-likeness (QED) is 0.563. The number of nitrogens with zero attached hydrogens (tertiary/aromatic N) is 2. The van der Waals surface area contributed by atoms with E-state index in [1.165, 1.54) is 0 Å². The second kappa shape index (κ2) is 3.70. The lowest BCUT2D eigenvalue weighted by Crippen LogP contribution is -2.07. The first-order valence-corrected chi connectivity index (χ1v) is 4.21. The van der Waals surface area contributed by atoms with Crippen LogP contribution in [0, 0.1) is 12.3 Å². The van der Waals surface area contributed by atoms with E-state index in [4.69, 9.17) is 17.0 Å². The highest BCUT2D eigenvalue weighted by molar-refractivity contribution is 6.32. The number of hydrogen-bond donors (Lipinski definition) is 2. The lowest BCUT2D eigenvalue weighted by molar-refractivity contribution is 1.04. The van der Waals surface area contributed by atoms with Crippen LogP contribution in [0.4, 0.5) is 5.69 Å². The maximum Gasteiger partial charge on any atom is 0.156 e. The summed E-state index contributed by atoms with van der Waals surface area (Å²) in [5.41, 5.74) is 1.54. The van der Waals surface area contributed by atoms with Crippen LogP contribution in [0.1, 0.15) is 18.4 Å². The maximum atomic E-state index is 7.48. The molecule has 5 heteroatoms. The van der Waals surface area contributed by atoms with Gasteiger partial charge < -0.3 is 10.7 Å². The van der Waals surface area contributed by atoms with Gasteiger partial charge >= 0.3 is 0 Å². The van der Waals surface area contributed by atoms with E-state index in [1.54, 1.807) is 20.9 Å². The van der Waals surface area contributed by atoms with E-state index < -0.39 is 0 Å². The maximum absolute atomic E-state index is 7.48. The monoisotopic (exact) mass is 198 g/mol. The summed E-state index contributed by atoms with van der Waals surface area (Å²) in [5.74, 6) is 0.575. The predicted octanol–water partition coefficient (Wildman–Crippen LogP) is 1.87. The zero-order chi connectivity index (χ0) is 10.0. The second-order valence-corrected chi connectivity index (χ2v) is 3.02. The van der Waals surface area contributed by atoms with Gasteiger partial charge in [-0.3, -0.25) is 0 Å². The molecule has 1 aromatic rings. The Morgan fingerprint density at radius 3 is 2.54 bits per heavy atom. The minimum absolute atomic E-state index is 0.358. The van der Waals surface area contributed by atoms with Crippen LogP contribution in [-0.4, -0.2) is 22.7 Å². The highest BCUT2D eigenvalue weighted by atomic mass is 35.5. The van der Waals surface area contributed by atoms with Crippen LogP contribution >= 0.6 is 11.6 Å². The van der Waals surface area contributed by atoms with Crippen molar-refractivity contribution in [3.8, 4) is 0 Å². The van der Waals surface area contributed by atoms with Crippen LogP contribution in [0.3, 0.4) is 0 Å². The molecule has 0 bridgehead atoms. The van der Waals surface area contributed by atoms with Gasteiger partial charge in [0.25, 0.3) is 0 Å². The molecule has 1 rings (SSSR count). The van der Waals surface area contributed by atoms with E-state index in [-0.39, 0.29) is 0 Å². The molecule has 1 heterocycles. The van der Waals surface area contributed by atoms with Gasteiger partial charge in [-0.05, 0) is 13.8 Å². The van der Waals surface area contributed by atoms with E-state index in [1.807, 2.05) is 0 Å². The van der Waals surface area contributed by atoms with Crippen LogP contribution in [0.25, 0.3) is 0 Å². The SMILES string of the molecule is CNc1c(Cl)nc(C)nc1C(C)=N. The first kappa shape index (κ1) is 9.92. The van der Waals surface area contributed by atoms with Gasteiger partial charge in [0.05, 0.1) is 11.4 Å². The van der Waals surface area contributed by atoms with Crippen LogP contribution in [0.15, 0.2) is 0 Å².